The third-order valence-electron chi connectivity index (χ3n) is 3.25. The van der Waals surface area contributed by atoms with E-state index in [1.165, 1.54) is 44.9 Å². The van der Waals surface area contributed by atoms with Crippen LogP contribution in [0.5, 0.6) is 0 Å². The second-order valence-electron chi connectivity index (χ2n) is 4.36. The molecule has 78 valence electrons. The summed E-state index contributed by atoms with van der Waals surface area (Å²) in [5, 5.41) is 3.59. The summed E-state index contributed by atoms with van der Waals surface area (Å²) in [4.78, 5) is 0. The molecule has 0 radical (unpaired) electrons. The number of hydrogen-bond donors (Lipinski definition) is 0. The molecule has 1 aliphatic carbocycles. The van der Waals surface area contributed by atoms with Crippen LogP contribution in [0.2, 0.25) is 0 Å². The molecule has 1 saturated carbocycles. The molecular weight excluding hydrogens is 225 g/mol. The number of hydrogen-bond acceptors (Lipinski definition) is 0. The van der Waals surface area contributed by atoms with Crippen molar-refractivity contribution in [3.05, 3.63) is 10.6 Å². The quantitative estimate of drug-likeness (QED) is 0.567. The van der Waals surface area contributed by atoms with Crippen molar-refractivity contribution in [2.24, 2.45) is 0 Å². The van der Waals surface area contributed by atoms with Crippen molar-refractivity contribution in [2.75, 3.05) is 0 Å². The average molecular weight is 244 g/mol. The Balaban J connectivity index is 2.04. The highest BCUT2D eigenvalue weighted by Gasteiger charge is 2.16. The van der Waals surface area contributed by atoms with Gasteiger partial charge in [0.15, 0.2) is 0 Å². The van der Waals surface area contributed by atoms with E-state index in [4.69, 9.17) is 0 Å². The molecule has 0 saturated heterocycles. The van der Waals surface area contributed by atoms with E-state index in [9.17, 15) is 0 Å². The molecule has 1 atom stereocenters. The van der Waals surface area contributed by atoms with Gasteiger partial charge in [-0.1, -0.05) is 32.1 Å². The van der Waals surface area contributed by atoms with Gasteiger partial charge < -0.3 is 0 Å². The van der Waals surface area contributed by atoms with Gasteiger partial charge in [-0.3, -0.25) is 0 Å². The van der Waals surface area contributed by atoms with E-state index in [2.05, 4.69) is 6.92 Å². The maximum atomic E-state index is 2.37. The van der Waals surface area contributed by atoms with Crippen molar-refractivity contribution in [1.29, 1.82) is 0 Å². The van der Waals surface area contributed by atoms with Gasteiger partial charge in [-0.05, 0) is 51.7 Å². The Morgan fingerprint density at radius 1 is 1.07 bits per heavy atom. The predicted octanol–water partition coefficient (Wildman–Crippen LogP) is 6.01. The summed E-state index contributed by atoms with van der Waals surface area (Å²) in [6.45, 7) is 2.37. The van der Waals surface area contributed by atoms with E-state index < -0.39 is 0 Å². The van der Waals surface area contributed by atoms with Crippen molar-refractivity contribution in [2.45, 2.75) is 57.8 Å². The summed E-state index contributed by atoms with van der Waals surface area (Å²) in [5.74, 6) is 0.972. The van der Waals surface area contributed by atoms with Crippen LogP contribution in [0.15, 0.2) is 0 Å². The van der Waals surface area contributed by atoms with Gasteiger partial charge in [0.25, 0.3) is 0 Å². The smallest absolute Gasteiger partial charge is 0.00573 e. The molecule has 1 aliphatic rings. The molecule has 1 aromatic rings. The molecule has 14 heavy (non-hydrogen) atoms. The van der Waals surface area contributed by atoms with Crippen molar-refractivity contribution in [3.8, 4) is 0 Å². The third-order valence-corrected chi connectivity index (χ3v) is 9.24. The molecule has 0 bridgehead atoms. The van der Waals surface area contributed by atoms with Gasteiger partial charge in [-0.15, -0.1) is 7.87 Å². The highest BCUT2D eigenvalue weighted by Crippen LogP contribution is 2.47. The summed E-state index contributed by atoms with van der Waals surface area (Å²) in [6, 6.07) is 0. The predicted molar refractivity (Wildman–Crippen MR) is 70.8 cm³/mol. The Morgan fingerprint density at radius 3 is 2.29 bits per heavy atom. The van der Waals surface area contributed by atoms with Gasteiger partial charge in [0.05, 0.1) is 0 Å². The van der Waals surface area contributed by atoms with Crippen LogP contribution in [-0.4, -0.2) is 0 Å². The number of aryl methyl sites for hydroxylation is 1. The molecule has 1 fully saturated rings. The fourth-order valence-corrected chi connectivity index (χ4v) is 9.48. The molecule has 0 aliphatic heterocycles. The maximum Gasteiger partial charge on any atom is -0.00573 e. The van der Waals surface area contributed by atoms with Crippen molar-refractivity contribution < 1.29 is 0 Å². The standard InChI is InChI=1S/C11H19P3/c1-9-11(13-14-12-9)10-7-5-3-2-4-6-8-10/h10,12H,2-8H2,1H3. The molecule has 0 nitrogen and oxygen atoms in total. The van der Waals surface area contributed by atoms with Gasteiger partial charge in [-0.25, -0.2) is 0 Å². The summed E-state index contributed by atoms with van der Waals surface area (Å²) < 4.78 is 0. The van der Waals surface area contributed by atoms with E-state index >= 15 is 0 Å². The lowest BCUT2D eigenvalue weighted by Gasteiger charge is -2.19. The third kappa shape index (κ3) is 2.82. The number of rotatable bonds is 1. The molecule has 0 spiro atoms. The Bertz CT molecular complexity index is 272. The van der Waals surface area contributed by atoms with E-state index in [0.29, 0.717) is 0 Å². The molecule has 0 amide bonds. The van der Waals surface area contributed by atoms with Crippen LogP contribution in [0.1, 0.15) is 61.5 Å². The molecule has 2 rings (SSSR count). The second kappa shape index (κ2) is 5.65. The Morgan fingerprint density at radius 2 is 1.71 bits per heavy atom. The zero-order chi connectivity index (χ0) is 9.80. The SMILES string of the molecule is Cc1[pH]ppc1C1CCCCCCC1. The van der Waals surface area contributed by atoms with E-state index in [0.717, 1.165) is 13.8 Å². The van der Waals surface area contributed by atoms with Crippen molar-refractivity contribution >= 4 is 23.3 Å². The van der Waals surface area contributed by atoms with E-state index in [1.807, 2.05) is 5.30 Å². The summed E-state index contributed by atoms with van der Waals surface area (Å²) in [7, 11) is 4.44. The van der Waals surface area contributed by atoms with Gasteiger partial charge in [0.1, 0.15) is 0 Å². The summed E-state index contributed by atoms with van der Waals surface area (Å²) >= 11 is 0. The van der Waals surface area contributed by atoms with Crippen LogP contribution in [0.25, 0.3) is 0 Å². The monoisotopic (exact) mass is 244 g/mol. The highest BCUT2D eigenvalue weighted by atomic mass is 32.1. The van der Waals surface area contributed by atoms with Gasteiger partial charge in [0, 0.05) is 0 Å². The molecule has 3 heteroatoms. The van der Waals surface area contributed by atoms with Crippen molar-refractivity contribution in [3.63, 3.8) is 0 Å². The molecular formula is C11H19P3. The topological polar surface area (TPSA) is 0 Å². The zero-order valence-corrected chi connectivity index (χ0v) is 11.7. The first-order chi connectivity index (χ1) is 6.88. The van der Waals surface area contributed by atoms with Gasteiger partial charge in [-0.2, -0.15) is 0 Å². The Kier molecular flexibility index (Phi) is 4.49. The van der Waals surface area contributed by atoms with Crippen LogP contribution in [0.4, 0.5) is 0 Å². The summed E-state index contributed by atoms with van der Waals surface area (Å²) in [6.07, 6.45) is 10.4. The summed E-state index contributed by atoms with van der Waals surface area (Å²) in [5.41, 5.74) is 0. The molecule has 1 aromatic heterocycles. The Labute approximate surface area is 92.0 Å². The molecule has 1 heterocycles. The minimum Gasteiger partial charge on any atom is -0.102 e. The van der Waals surface area contributed by atoms with Crippen LogP contribution < -0.4 is 0 Å². The molecule has 1 unspecified atom stereocenters. The Hall–Kier alpha value is 0.640. The minimum absolute atomic E-state index is 0.972. The maximum absolute atomic E-state index is 2.37. The molecule has 0 aromatic carbocycles. The lowest BCUT2D eigenvalue weighted by Crippen LogP contribution is -2.00. The highest BCUT2D eigenvalue weighted by molar-refractivity contribution is 8.17. The van der Waals surface area contributed by atoms with Crippen LogP contribution in [0, 0.1) is 6.92 Å². The van der Waals surface area contributed by atoms with E-state index in [1.54, 1.807) is 20.7 Å². The fraction of sp³-hybridized carbons (Fsp3) is 0.818. The zero-order valence-electron chi connectivity index (χ0n) is 8.92. The minimum atomic E-state index is 0.972. The lowest BCUT2D eigenvalue weighted by atomic mass is 9.90. The largest absolute Gasteiger partial charge is 0.102 e. The first-order valence-corrected chi connectivity index (χ1v) is 10.1. The first-order valence-electron chi connectivity index (χ1n) is 5.75. The fourth-order valence-electron chi connectivity index (χ4n) is 2.40. The van der Waals surface area contributed by atoms with Crippen LogP contribution in [0.3, 0.4) is 0 Å². The van der Waals surface area contributed by atoms with Gasteiger partial charge in [0.2, 0.25) is 0 Å². The van der Waals surface area contributed by atoms with Crippen LogP contribution >= 0.6 is 23.3 Å². The normalized spacial score (nSPS) is 22.1. The lowest BCUT2D eigenvalue weighted by molar-refractivity contribution is 0.459. The van der Waals surface area contributed by atoms with E-state index in [-0.39, 0.29) is 0 Å². The van der Waals surface area contributed by atoms with Crippen molar-refractivity contribution in [1.82, 2.24) is 0 Å². The van der Waals surface area contributed by atoms with Gasteiger partial charge >= 0.3 is 0 Å². The molecule has 0 N–H and O–H groups in total. The first kappa shape index (κ1) is 11.1. The van der Waals surface area contributed by atoms with Crippen LogP contribution in [-0.2, 0) is 0 Å². The average Bonchev–Trinajstić information content (AvgIpc) is 2.51. The second-order valence-corrected chi connectivity index (χ2v) is 9.89.